The van der Waals surface area contributed by atoms with Gasteiger partial charge in [0.05, 0.1) is 22.0 Å². The maximum absolute atomic E-state index is 11.6. The molecule has 6 nitrogen and oxygen atoms in total. The molecule has 0 spiro atoms. The fourth-order valence-electron chi connectivity index (χ4n) is 3.39. The molecule has 4 rings (SSSR count). The topological polar surface area (TPSA) is 90.9 Å². The summed E-state index contributed by atoms with van der Waals surface area (Å²) in [6.45, 7) is 4.12. The first kappa shape index (κ1) is 20.0. The van der Waals surface area contributed by atoms with Crippen molar-refractivity contribution in [3.8, 4) is 28.1 Å². The van der Waals surface area contributed by atoms with Gasteiger partial charge in [-0.1, -0.05) is 19.1 Å². The van der Waals surface area contributed by atoms with Gasteiger partial charge in [0.1, 0.15) is 0 Å². The molecule has 0 bridgehead atoms. The van der Waals surface area contributed by atoms with Crippen LogP contribution in [0, 0.1) is 6.92 Å². The van der Waals surface area contributed by atoms with Crippen LogP contribution in [0.15, 0.2) is 78.0 Å². The number of benzene rings is 2. The van der Waals surface area contributed by atoms with Crippen LogP contribution in [0.1, 0.15) is 18.2 Å². The van der Waals surface area contributed by atoms with Gasteiger partial charge in [0.2, 0.25) is 10.0 Å². The van der Waals surface area contributed by atoms with Crippen LogP contribution < -0.4 is 5.14 Å². The number of hydrogen-bond acceptors (Lipinski definition) is 4. The minimum Gasteiger partial charge on any atom is -0.265 e. The molecule has 2 heterocycles. The zero-order valence-electron chi connectivity index (χ0n) is 16.8. The lowest BCUT2D eigenvalue weighted by atomic mass is 9.98. The van der Waals surface area contributed by atoms with E-state index in [2.05, 4.69) is 43.1 Å². The predicted octanol–water partition coefficient (Wildman–Crippen LogP) is 4.12. The summed E-state index contributed by atoms with van der Waals surface area (Å²) in [6, 6.07) is 18.8. The number of aryl methyl sites for hydroxylation is 2. The molecule has 0 aliphatic carbocycles. The molecular weight excluding hydrogens is 396 g/mol. The molecule has 0 radical (unpaired) electrons. The Kier molecular flexibility index (Phi) is 5.24. The molecule has 2 N–H and O–H groups in total. The van der Waals surface area contributed by atoms with Crippen molar-refractivity contribution in [2.24, 2.45) is 5.14 Å². The average molecular weight is 419 g/mol. The first-order valence-electron chi connectivity index (χ1n) is 9.60. The second kappa shape index (κ2) is 7.85. The number of aromatic nitrogens is 3. The normalized spacial score (nSPS) is 11.6. The highest BCUT2D eigenvalue weighted by Gasteiger charge is 2.15. The lowest BCUT2D eigenvalue weighted by Crippen LogP contribution is -2.12. The summed E-state index contributed by atoms with van der Waals surface area (Å²) in [4.78, 5) is 4.17. The summed E-state index contributed by atoms with van der Waals surface area (Å²) >= 11 is 0. The maximum Gasteiger partial charge on any atom is 0.238 e. The van der Waals surface area contributed by atoms with E-state index in [1.165, 1.54) is 12.1 Å². The van der Waals surface area contributed by atoms with Gasteiger partial charge in [-0.05, 0) is 78.6 Å². The third-order valence-corrected chi connectivity index (χ3v) is 5.99. The van der Waals surface area contributed by atoms with E-state index in [1.54, 1.807) is 24.5 Å². The van der Waals surface area contributed by atoms with Crippen LogP contribution in [-0.4, -0.2) is 23.2 Å². The molecule has 0 aliphatic heterocycles. The van der Waals surface area contributed by atoms with Gasteiger partial charge >= 0.3 is 0 Å². The van der Waals surface area contributed by atoms with E-state index in [0.717, 1.165) is 45.7 Å². The Bertz CT molecular complexity index is 1300. The van der Waals surface area contributed by atoms with Gasteiger partial charge < -0.3 is 0 Å². The molecule has 0 saturated heterocycles. The molecule has 0 saturated carbocycles. The van der Waals surface area contributed by atoms with Crippen LogP contribution >= 0.6 is 0 Å². The largest absolute Gasteiger partial charge is 0.265 e. The van der Waals surface area contributed by atoms with E-state index in [9.17, 15) is 8.42 Å². The molecule has 0 unspecified atom stereocenters. The summed E-state index contributed by atoms with van der Waals surface area (Å²) in [5.41, 5.74) is 7.03. The number of nitrogens with two attached hydrogens (primary N) is 1. The fraction of sp³-hybridized carbons (Fsp3) is 0.130. The van der Waals surface area contributed by atoms with Crippen molar-refractivity contribution in [1.29, 1.82) is 0 Å². The van der Waals surface area contributed by atoms with Crippen molar-refractivity contribution in [2.45, 2.75) is 25.2 Å². The Morgan fingerprint density at radius 2 is 1.63 bits per heavy atom. The third-order valence-electron chi connectivity index (χ3n) is 5.06. The van der Waals surface area contributed by atoms with Crippen LogP contribution in [0.25, 0.3) is 28.1 Å². The summed E-state index contributed by atoms with van der Waals surface area (Å²) < 4.78 is 25.0. The van der Waals surface area contributed by atoms with Gasteiger partial charge in [0.25, 0.3) is 0 Å². The summed E-state index contributed by atoms with van der Waals surface area (Å²) in [5, 5.41) is 9.97. The molecule has 0 amide bonds. The summed E-state index contributed by atoms with van der Waals surface area (Å²) in [7, 11) is -3.74. The van der Waals surface area contributed by atoms with Crippen LogP contribution in [0.5, 0.6) is 0 Å². The maximum atomic E-state index is 11.6. The van der Waals surface area contributed by atoms with Crippen molar-refractivity contribution in [1.82, 2.24) is 14.8 Å². The molecule has 4 aromatic rings. The molecule has 0 atom stereocenters. The smallest absolute Gasteiger partial charge is 0.238 e. The van der Waals surface area contributed by atoms with Gasteiger partial charge in [-0.2, -0.15) is 5.10 Å². The van der Waals surface area contributed by atoms with Gasteiger partial charge in [-0.15, -0.1) is 0 Å². The zero-order chi connectivity index (χ0) is 21.3. The van der Waals surface area contributed by atoms with Crippen LogP contribution in [0.4, 0.5) is 0 Å². The van der Waals surface area contributed by atoms with E-state index in [-0.39, 0.29) is 4.90 Å². The van der Waals surface area contributed by atoms with Crippen molar-refractivity contribution in [2.75, 3.05) is 0 Å². The number of rotatable bonds is 5. The molecule has 0 aliphatic rings. The first-order chi connectivity index (χ1) is 14.4. The van der Waals surface area contributed by atoms with Gasteiger partial charge in [0, 0.05) is 18.0 Å². The highest BCUT2D eigenvalue weighted by molar-refractivity contribution is 7.89. The van der Waals surface area contributed by atoms with Gasteiger partial charge in [-0.3, -0.25) is 4.98 Å². The Labute approximate surface area is 176 Å². The molecule has 152 valence electrons. The number of primary sulfonamides is 1. The minimum atomic E-state index is -3.74. The third kappa shape index (κ3) is 3.90. The average Bonchev–Trinajstić information content (AvgIpc) is 3.18. The SMILES string of the molecule is CCc1cc(-c2cc(-c3ccncc3)ccc2C)n(-c2ccc(S(N)(=O)=O)cc2)n1. The summed E-state index contributed by atoms with van der Waals surface area (Å²) in [6.07, 6.45) is 4.35. The van der Waals surface area contributed by atoms with Gasteiger partial charge in [0.15, 0.2) is 0 Å². The van der Waals surface area contributed by atoms with Crippen molar-refractivity contribution in [3.63, 3.8) is 0 Å². The number of nitrogens with zero attached hydrogens (tertiary/aromatic N) is 3. The van der Waals surface area contributed by atoms with E-state index in [0.29, 0.717) is 0 Å². The monoisotopic (exact) mass is 418 g/mol. The second-order valence-electron chi connectivity index (χ2n) is 7.09. The van der Waals surface area contributed by atoms with E-state index < -0.39 is 10.0 Å². The van der Waals surface area contributed by atoms with Gasteiger partial charge in [-0.25, -0.2) is 18.2 Å². The first-order valence-corrected chi connectivity index (χ1v) is 11.1. The van der Waals surface area contributed by atoms with Crippen molar-refractivity contribution < 1.29 is 8.42 Å². The number of hydrogen-bond donors (Lipinski definition) is 1. The van der Waals surface area contributed by atoms with Crippen molar-refractivity contribution >= 4 is 10.0 Å². The minimum absolute atomic E-state index is 0.0755. The number of pyridine rings is 1. The Morgan fingerprint density at radius 3 is 2.27 bits per heavy atom. The van der Waals surface area contributed by atoms with E-state index >= 15 is 0 Å². The number of sulfonamides is 1. The second-order valence-corrected chi connectivity index (χ2v) is 8.65. The summed E-state index contributed by atoms with van der Waals surface area (Å²) in [5.74, 6) is 0. The van der Waals surface area contributed by atoms with Crippen LogP contribution in [0.2, 0.25) is 0 Å². The van der Waals surface area contributed by atoms with E-state index in [4.69, 9.17) is 10.2 Å². The quantitative estimate of drug-likeness (QED) is 0.528. The fourth-order valence-corrected chi connectivity index (χ4v) is 3.91. The molecule has 2 aromatic heterocycles. The lowest BCUT2D eigenvalue weighted by Gasteiger charge is -2.12. The Morgan fingerprint density at radius 1 is 0.933 bits per heavy atom. The Balaban J connectivity index is 1.86. The zero-order valence-corrected chi connectivity index (χ0v) is 17.6. The molecule has 7 heteroatoms. The van der Waals surface area contributed by atoms with Crippen molar-refractivity contribution in [3.05, 3.63) is 84.3 Å². The highest BCUT2D eigenvalue weighted by Crippen LogP contribution is 2.31. The molecule has 30 heavy (non-hydrogen) atoms. The van der Waals surface area contributed by atoms with Crippen LogP contribution in [0.3, 0.4) is 0 Å². The van der Waals surface area contributed by atoms with E-state index in [1.807, 2.05) is 16.8 Å². The molecular formula is C23H22N4O2S. The Hall–Kier alpha value is -3.29. The standard InChI is InChI=1S/C23H22N4O2S/c1-3-19-15-23(27(26-19)20-6-8-21(9-7-20)30(24,28)29)22-14-18(5-4-16(22)2)17-10-12-25-13-11-17/h4-15H,3H2,1-2H3,(H2,24,28,29). The lowest BCUT2D eigenvalue weighted by molar-refractivity contribution is 0.598. The molecule has 0 fully saturated rings. The highest BCUT2D eigenvalue weighted by atomic mass is 32.2. The molecule has 2 aromatic carbocycles. The predicted molar refractivity (Wildman–Crippen MR) is 118 cm³/mol. The van der Waals surface area contributed by atoms with Crippen LogP contribution in [-0.2, 0) is 16.4 Å².